The number of morpholine rings is 1. The Hall–Kier alpha value is -2.53. The van der Waals surface area contributed by atoms with E-state index in [1.54, 1.807) is 6.20 Å². The van der Waals surface area contributed by atoms with Crippen LogP contribution in [-0.4, -0.2) is 35.3 Å². The molecule has 2 aliphatic rings. The molecule has 0 radical (unpaired) electrons. The minimum Gasteiger partial charge on any atom is -0.352 e. The second-order valence-corrected chi connectivity index (χ2v) is 7.18. The lowest BCUT2D eigenvalue weighted by atomic mass is 10.0. The molecular weight excluding hydrogens is 358 g/mol. The van der Waals surface area contributed by atoms with Crippen molar-refractivity contribution >= 4 is 23.0 Å². The maximum Gasteiger partial charge on any atom is 0.179 e. The standard InChI is InChI=1S/C22H18ClN3O/c23-19-13-18(14-24-21(19)22-15-26(22)11-12-27-22)25-20(16-7-3-1-4-8-16)17-9-5-2-6-10-17/h1-10,13-14H,11-12,15H2. The number of hydrogen-bond donors (Lipinski definition) is 0. The van der Waals surface area contributed by atoms with Crippen LogP contribution in [0.5, 0.6) is 0 Å². The van der Waals surface area contributed by atoms with Crippen molar-refractivity contribution in [2.75, 3.05) is 19.7 Å². The van der Waals surface area contributed by atoms with Gasteiger partial charge in [0.15, 0.2) is 5.72 Å². The summed E-state index contributed by atoms with van der Waals surface area (Å²) in [6.07, 6.45) is 1.78. The maximum absolute atomic E-state index is 6.56. The van der Waals surface area contributed by atoms with E-state index in [4.69, 9.17) is 21.3 Å². The molecule has 2 fully saturated rings. The van der Waals surface area contributed by atoms with Crippen LogP contribution in [0.25, 0.3) is 0 Å². The molecule has 2 saturated heterocycles. The summed E-state index contributed by atoms with van der Waals surface area (Å²) in [7, 11) is 0. The summed E-state index contributed by atoms with van der Waals surface area (Å²) in [5.41, 5.74) is 4.12. The lowest BCUT2D eigenvalue weighted by Crippen LogP contribution is -2.15. The first-order valence-electron chi connectivity index (χ1n) is 9.01. The molecule has 2 aromatic carbocycles. The number of ether oxygens (including phenoxy) is 1. The number of nitrogens with zero attached hydrogens (tertiary/aromatic N) is 3. The van der Waals surface area contributed by atoms with E-state index >= 15 is 0 Å². The molecule has 134 valence electrons. The average Bonchev–Trinajstić information content (AvgIpc) is 3.27. The molecule has 0 saturated carbocycles. The topological polar surface area (TPSA) is 37.5 Å². The lowest BCUT2D eigenvalue weighted by Gasteiger charge is -2.13. The summed E-state index contributed by atoms with van der Waals surface area (Å²) in [6.45, 7) is 2.52. The number of benzene rings is 2. The van der Waals surface area contributed by atoms with Crippen molar-refractivity contribution in [1.29, 1.82) is 0 Å². The van der Waals surface area contributed by atoms with Crippen LogP contribution in [0.3, 0.4) is 0 Å². The molecule has 5 rings (SSSR count). The quantitative estimate of drug-likeness (QED) is 0.501. The van der Waals surface area contributed by atoms with Crippen molar-refractivity contribution in [3.05, 3.63) is 94.8 Å². The van der Waals surface area contributed by atoms with Crippen LogP contribution in [0.1, 0.15) is 16.8 Å². The van der Waals surface area contributed by atoms with E-state index in [1.807, 2.05) is 42.5 Å². The van der Waals surface area contributed by atoms with Crippen LogP contribution >= 0.6 is 11.6 Å². The van der Waals surface area contributed by atoms with E-state index in [-0.39, 0.29) is 0 Å². The lowest BCUT2D eigenvalue weighted by molar-refractivity contribution is 0.0554. The molecule has 2 atom stereocenters. The molecule has 4 nitrogen and oxygen atoms in total. The van der Waals surface area contributed by atoms with Gasteiger partial charge in [-0.25, -0.2) is 4.99 Å². The molecule has 0 amide bonds. The van der Waals surface area contributed by atoms with Crippen LogP contribution in [0.15, 0.2) is 77.9 Å². The molecule has 1 aromatic heterocycles. The molecule has 2 aliphatic heterocycles. The monoisotopic (exact) mass is 375 g/mol. The number of pyridine rings is 1. The maximum atomic E-state index is 6.56. The molecule has 3 aromatic rings. The molecule has 0 aliphatic carbocycles. The van der Waals surface area contributed by atoms with Crippen molar-refractivity contribution in [2.45, 2.75) is 5.72 Å². The summed E-state index contributed by atoms with van der Waals surface area (Å²) in [5.74, 6) is 0. The van der Waals surface area contributed by atoms with Gasteiger partial charge in [0, 0.05) is 17.7 Å². The largest absolute Gasteiger partial charge is 0.352 e. The van der Waals surface area contributed by atoms with Gasteiger partial charge in [0.1, 0.15) is 5.69 Å². The number of hydrogen-bond acceptors (Lipinski definition) is 4. The summed E-state index contributed by atoms with van der Waals surface area (Å²) < 4.78 is 5.88. The van der Waals surface area contributed by atoms with E-state index < -0.39 is 5.72 Å². The highest BCUT2D eigenvalue weighted by molar-refractivity contribution is 6.31. The zero-order valence-corrected chi connectivity index (χ0v) is 15.4. The molecule has 27 heavy (non-hydrogen) atoms. The third-order valence-corrected chi connectivity index (χ3v) is 5.33. The first-order valence-corrected chi connectivity index (χ1v) is 9.39. The molecular formula is C22H18ClN3O. The van der Waals surface area contributed by atoms with Gasteiger partial charge in [-0.05, 0) is 6.07 Å². The first kappa shape index (κ1) is 16.6. The molecule has 0 bridgehead atoms. The van der Waals surface area contributed by atoms with Crippen LogP contribution in [0, 0.1) is 0 Å². The van der Waals surface area contributed by atoms with Gasteiger partial charge in [-0.2, -0.15) is 0 Å². The van der Waals surface area contributed by atoms with E-state index in [0.29, 0.717) is 5.02 Å². The van der Waals surface area contributed by atoms with Gasteiger partial charge in [0.25, 0.3) is 0 Å². The van der Waals surface area contributed by atoms with Crippen LogP contribution in [0.2, 0.25) is 5.02 Å². The fraction of sp³-hybridized carbons (Fsp3) is 0.182. The minimum atomic E-state index is -0.402. The molecule has 3 heterocycles. The van der Waals surface area contributed by atoms with Crippen LogP contribution in [-0.2, 0) is 10.5 Å². The minimum absolute atomic E-state index is 0.402. The van der Waals surface area contributed by atoms with Crippen LogP contribution in [0.4, 0.5) is 5.69 Å². The van der Waals surface area contributed by atoms with Gasteiger partial charge >= 0.3 is 0 Å². The zero-order chi connectivity index (χ0) is 18.3. The van der Waals surface area contributed by atoms with Crippen LogP contribution < -0.4 is 0 Å². The fourth-order valence-electron chi connectivity index (χ4n) is 3.63. The third kappa shape index (κ3) is 2.96. The third-order valence-electron chi connectivity index (χ3n) is 5.05. The van der Waals surface area contributed by atoms with E-state index in [0.717, 1.165) is 47.9 Å². The van der Waals surface area contributed by atoms with Crippen molar-refractivity contribution in [3.63, 3.8) is 0 Å². The normalized spacial score (nSPS) is 22.9. The number of aromatic nitrogens is 1. The molecule has 0 spiro atoms. The van der Waals surface area contributed by atoms with Gasteiger partial charge in [-0.3, -0.25) is 9.88 Å². The Bertz CT molecular complexity index is 965. The Balaban J connectivity index is 1.56. The fourth-order valence-corrected chi connectivity index (χ4v) is 3.94. The Morgan fingerprint density at radius 2 is 1.70 bits per heavy atom. The van der Waals surface area contributed by atoms with Gasteiger partial charge in [0.05, 0.1) is 35.8 Å². The first-order chi connectivity index (χ1) is 13.3. The van der Waals surface area contributed by atoms with Crippen molar-refractivity contribution in [3.8, 4) is 0 Å². The summed E-state index contributed by atoms with van der Waals surface area (Å²) in [6, 6.07) is 22.2. The number of fused-ring (bicyclic) bond motifs is 1. The second kappa shape index (κ2) is 6.57. The highest BCUT2D eigenvalue weighted by Gasteiger charge is 2.60. The zero-order valence-electron chi connectivity index (χ0n) is 14.7. The van der Waals surface area contributed by atoms with Crippen molar-refractivity contribution < 1.29 is 4.74 Å². The van der Waals surface area contributed by atoms with Gasteiger partial charge in [0.2, 0.25) is 0 Å². The van der Waals surface area contributed by atoms with Gasteiger partial charge in [-0.1, -0.05) is 72.3 Å². The molecule has 2 unspecified atom stereocenters. The Kier molecular flexibility index (Phi) is 4.05. The predicted molar refractivity (Wildman–Crippen MR) is 107 cm³/mol. The predicted octanol–water partition coefficient (Wildman–Crippen LogP) is 4.40. The summed E-state index contributed by atoms with van der Waals surface area (Å²) in [4.78, 5) is 11.7. The van der Waals surface area contributed by atoms with Crippen molar-refractivity contribution in [2.24, 2.45) is 4.99 Å². The van der Waals surface area contributed by atoms with Gasteiger partial charge in [-0.15, -0.1) is 0 Å². The highest BCUT2D eigenvalue weighted by atomic mass is 35.5. The second-order valence-electron chi connectivity index (χ2n) is 6.77. The molecule has 5 heteroatoms. The Morgan fingerprint density at radius 3 is 2.22 bits per heavy atom. The Morgan fingerprint density at radius 1 is 1.04 bits per heavy atom. The SMILES string of the molecule is Clc1cc(N=C(c2ccccc2)c2ccccc2)cnc1C12CN1CCO2. The smallest absolute Gasteiger partial charge is 0.179 e. The number of aliphatic imine (C=N–C) groups is 1. The average molecular weight is 376 g/mol. The van der Waals surface area contributed by atoms with E-state index in [9.17, 15) is 0 Å². The Labute approximate surface area is 163 Å². The summed E-state index contributed by atoms with van der Waals surface area (Å²) in [5, 5.41) is 0.598. The highest BCUT2D eigenvalue weighted by Crippen LogP contribution is 2.48. The van der Waals surface area contributed by atoms with E-state index in [2.05, 4.69) is 34.1 Å². The van der Waals surface area contributed by atoms with Gasteiger partial charge < -0.3 is 4.74 Å². The van der Waals surface area contributed by atoms with E-state index in [1.165, 1.54) is 0 Å². The van der Waals surface area contributed by atoms with Crippen molar-refractivity contribution in [1.82, 2.24) is 9.88 Å². The number of rotatable bonds is 4. The molecule has 0 N–H and O–H groups in total. The summed E-state index contributed by atoms with van der Waals surface area (Å²) >= 11 is 6.56. The number of halogens is 1.